The number of rotatable bonds is 4. The van der Waals surface area contributed by atoms with Crippen LogP contribution in [0.2, 0.25) is 0 Å². The molecule has 1 saturated heterocycles. The molecule has 1 aromatic rings. The molecule has 5 heteroatoms. The Morgan fingerprint density at radius 1 is 1.26 bits per heavy atom. The first kappa shape index (κ1) is 14.3. The molecule has 2 rings (SSSR count). The van der Waals surface area contributed by atoms with Gasteiger partial charge in [-0.2, -0.15) is 0 Å². The van der Waals surface area contributed by atoms with E-state index in [9.17, 15) is 8.42 Å². The van der Waals surface area contributed by atoms with Gasteiger partial charge in [0.25, 0.3) is 0 Å². The Balaban J connectivity index is 2.21. The number of benzene rings is 1. The molecule has 0 radical (unpaired) electrons. The number of sulfone groups is 1. The summed E-state index contributed by atoms with van der Waals surface area (Å²) in [7, 11) is -2.82. The highest BCUT2D eigenvalue weighted by Gasteiger charge is 2.23. The Kier molecular flexibility index (Phi) is 4.47. The molecule has 0 saturated carbocycles. The second-order valence-corrected chi connectivity index (χ2v) is 7.28. The number of nitrogens with one attached hydrogen (secondary N) is 1. The molecule has 1 aliphatic heterocycles. The predicted octanol–water partition coefficient (Wildman–Crippen LogP) is 1.59. The van der Waals surface area contributed by atoms with Crippen LogP contribution in [0.1, 0.15) is 25.5 Å². The average Bonchev–Trinajstić information content (AvgIpc) is 2.39. The summed E-state index contributed by atoms with van der Waals surface area (Å²) in [6.07, 6.45) is 0. The Morgan fingerprint density at radius 3 is 2.53 bits per heavy atom. The van der Waals surface area contributed by atoms with E-state index in [0.717, 1.165) is 12.2 Å². The van der Waals surface area contributed by atoms with E-state index in [2.05, 4.69) is 36.2 Å². The van der Waals surface area contributed by atoms with Crippen LogP contribution in [0, 0.1) is 0 Å². The van der Waals surface area contributed by atoms with Crippen molar-refractivity contribution < 1.29 is 8.42 Å². The van der Waals surface area contributed by atoms with E-state index in [4.69, 9.17) is 0 Å². The molecule has 0 aromatic heterocycles. The third kappa shape index (κ3) is 3.48. The van der Waals surface area contributed by atoms with E-state index in [1.807, 2.05) is 12.1 Å². The van der Waals surface area contributed by atoms with Gasteiger partial charge in [0.2, 0.25) is 0 Å². The van der Waals surface area contributed by atoms with Gasteiger partial charge in [0.05, 0.1) is 11.5 Å². The summed E-state index contributed by atoms with van der Waals surface area (Å²) in [5.74, 6) is 0.522. The quantitative estimate of drug-likeness (QED) is 0.911. The number of anilines is 1. The lowest BCUT2D eigenvalue weighted by Gasteiger charge is -2.32. The van der Waals surface area contributed by atoms with Crippen molar-refractivity contribution in [2.45, 2.75) is 19.9 Å². The van der Waals surface area contributed by atoms with E-state index in [1.54, 1.807) is 0 Å². The fourth-order valence-electron chi connectivity index (χ4n) is 2.51. The molecule has 106 valence electrons. The molecule has 1 unspecified atom stereocenters. The van der Waals surface area contributed by atoms with E-state index in [0.29, 0.717) is 13.1 Å². The summed E-state index contributed by atoms with van der Waals surface area (Å²) in [5, 5.41) is 3.41. The van der Waals surface area contributed by atoms with Crippen molar-refractivity contribution >= 4 is 15.5 Å². The van der Waals surface area contributed by atoms with Gasteiger partial charge in [0, 0.05) is 24.8 Å². The zero-order valence-electron chi connectivity index (χ0n) is 11.6. The van der Waals surface area contributed by atoms with Crippen LogP contribution in [0.5, 0.6) is 0 Å². The lowest BCUT2D eigenvalue weighted by Crippen LogP contribution is -2.41. The molecular weight excluding hydrogens is 260 g/mol. The normalized spacial score (nSPS) is 20.2. The molecule has 0 spiro atoms. The van der Waals surface area contributed by atoms with Crippen LogP contribution in [0.4, 0.5) is 5.69 Å². The number of para-hydroxylation sites is 1. The maximum Gasteiger partial charge on any atom is 0.153 e. The first-order chi connectivity index (χ1) is 9.03. The van der Waals surface area contributed by atoms with Crippen LogP contribution in [-0.4, -0.2) is 39.6 Å². The van der Waals surface area contributed by atoms with Gasteiger partial charge < -0.3 is 10.2 Å². The molecule has 1 atom stereocenters. The van der Waals surface area contributed by atoms with Crippen molar-refractivity contribution in [3.63, 3.8) is 0 Å². The first-order valence-electron chi connectivity index (χ1n) is 6.81. The molecular formula is C14H22N2O2S. The summed E-state index contributed by atoms with van der Waals surface area (Å²) in [6, 6.07) is 8.53. The largest absolute Gasteiger partial charge is 0.369 e. The zero-order chi connectivity index (χ0) is 13.9. The summed E-state index contributed by atoms with van der Waals surface area (Å²) >= 11 is 0. The van der Waals surface area contributed by atoms with Crippen molar-refractivity contribution in [1.29, 1.82) is 0 Å². The van der Waals surface area contributed by atoms with Crippen LogP contribution in [0.15, 0.2) is 24.3 Å². The second-order valence-electron chi connectivity index (χ2n) is 4.98. The zero-order valence-corrected chi connectivity index (χ0v) is 12.4. The predicted molar refractivity (Wildman–Crippen MR) is 79.4 cm³/mol. The molecule has 1 aliphatic rings. The molecule has 1 N–H and O–H groups in total. The number of hydrogen-bond donors (Lipinski definition) is 1. The highest BCUT2D eigenvalue weighted by Crippen LogP contribution is 2.27. The fraction of sp³-hybridized carbons (Fsp3) is 0.571. The van der Waals surface area contributed by atoms with Gasteiger partial charge in [0.15, 0.2) is 9.84 Å². The van der Waals surface area contributed by atoms with Gasteiger partial charge in [-0.05, 0) is 25.1 Å². The van der Waals surface area contributed by atoms with E-state index >= 15 is 0 Å². The van der Waals surface area contributed by atoms with Gasteiger partial charge >= 0.3 is 0 Å². The van der Waals surface area contributed by atoms with Crippen molar-refractivity contribution in [3.8, 4) is 0 Å². The summed E-state index contributed by atoms with van der Waals surface area (Å²) in [5.41, 5.74) is 2.40. The third-order valence-electron chi connectivity index (χ3n) is 3.60. The molecule has 0 amide bonds. The Hall–Kier alpha value is -1.07. The van der Waals surface area contributed by atoms with Crippen LogP contribution in [0.25, 0.3) is 0 Å². The van der Waals surface area contributed by atoms with Crippen LogP contribution < -0.4 is 10.2 Å². The monoisotopic (exact) mass is 282 g/mol. The second kappa shape index (κ2) is 5.92. The molecule has 4 nitrogen and oxygen atoms in total. The highest BCUT2D eigenvalue weighted by molar-refractivity contribution is 7.91. The molecule has 0 aliphatic carbocycles. The maximum absolute atomic E-state index is 11.5. The highest BCUT2D eigenvalue weighted by atomic mass is 32.2. The van der Waals surface area contributed by atoms with Gasteiger partial charge in [-0.15, -0.1) is 0 Å². The summed E-state index contributed by atoms with van der Waals surface area (Å²) < 4.78 is 23.0. The maximum atomic E-state index is 11.5. The van der Waals surface area contributed by atoms with Gasteiger partial charge in [-0.3, -0.25) is 0 Å². The fourth-order valence-corrected chi connectivity index (χ4v) is 3.71. The minimum Gasteiger partial charge on any atom is -0.369 e. The van der Waals surface area contributed by atoms with Crippen LogP contribution in [0.3, 0.4) is 0 Å². The van der Waals surface area contributed by atoms with Crippen molar-refractivity contribution in [1.82, 2.24) is 5.32 Å². The molecule has 0 bridgehead atoms. The standard InChI is InChI=1S/C14H22N2O2S/c1-3-15-12(2)13-6-4-5-7-14(13)16-8-10-19(17,18)11-9-16/h4-7,12,15H,3,8-11H2,1-2H3. The topological polar surface area (TPSA) is 49.4 Å². The van der Waals surface area contributed by atoms with Gasteiger partial charge in [-0.25, -0.2) is 8.42 Å². The number of hydrogen-bond acceptors (Lipinski definition) is 4. The van der Waals surface area contributed by atoms with Gasteiger partial charge in [-0.1, -0.05) is 25.1 Å². The Morgan fingerprint density at radius 2 is 1.89 bits per heavy atom. The van der Waals surface area contributed by atoms with E-state index in [1.165, 1.54) is 5.56 Å². The van der Waals surface area contributed by atoms with Crippen LogP contribution in [-0.2, 0) is 9.84 Å². The molecule has 1 fully saturated rings. The average molecular weight is 282 g/mol. The summed E-state index contributed by atoms with van der Waals surface area (Å²) in [4.78, 5) is 2.18. The minimum atomic E-state index is -2.82. The summed E-state index contributed by atoms with van der Waals surface area (Å²) in [6.45, 7) is 6.34. The van der Waals surface area contributed by atoms with E-state index < -0.39 is 9.84 Å². The molecule has 1 aromatic carbocycles. The Bertz CT molecular complexity index is 514. The Labute approximate surface area is 115 Å². The first-order valence-corrected chi connectivity index (χ1v) is 8.63. The molecule has 19 heavy (non-hydrogen) atoms. The smallest absolute Gasteiger partial charge is 0.153 e. The van der Waals surface area contributed by atoms with Crippen molar-refractivity contribution in [2.75, 3.05) is 36.0 Å². The van der Waals surface area contributed by atoms with Crippen molar-refractivity contribution in [2.24, 2.45) is 0 Å². The SMILES string of the molecule is CCNC(C)c1ccccc1N1CCS(=O)(=O)CC1. The van der Waals surface area contributed by atoms with Crippen LogP contribution >= 0.6 is 0 Å². The lowest BCUT2D eigenvalue weighted by atomic mass is 10.0. The lowest BCUT2D eigenvalue weighted by molar-refractivity contribution is 0.582. The number of nitrogens with zero attached hydrogens (tertiary/aromatic N) is 1. The van der Waals surface area contributed by atoms with Gasteiger partial charge in [0.1, 0.15) is 0 Å². The minimum absolute atomic E-state index is 0.261. The van der Waals surface area contributed by atoms with Crippen molar-refractivity contribution in [3.05, 3.63) is 29.8 Å². The van der Waals surface area contributed by atoms with E-state index in [-0.39, 0.29) is 17.5 Å². The molecule has 1 heterocycles. The third-order valence-corrected chi connectivity index (χ3v) is 5.21.